The minimum atomic E-state index is -2.53. The number of anilines is 5. The van der Waals surface area contributed by atoms with Crippen molar-refractivity contribution in [2.75, 3.05) is 76.9 Å². The molecular formula is C29H39N6O5P. The van der Waals surface area contributed by atoms with Crippen molar-refractivity contribution in [2.45, 2.75) is 6.92 Å². The minimum Gasteiger partial charge on any atom is -0.494 e. The highest BCUT2D eigenvalue weighted by Crippen LogP contribution is 2.39. The van der Waals surface area contributed by atoms with Gasteiger partial charge in [-0.1, -0.05) is 18.7 Å². The molecule has 0 aliphatic carbocycles. The van der Waals surface area contributed by atoms with Crippen LogP contribution < -0.4 is 30.7 Å². The second-order valence-electron chi connectivity index (χ2n) is 9.73. The van der Waals surface area contributed by atoms with E-state index in [-0.39, 0.29) is 5.91 Å². The first-order valence-corrected chi connectivity index (χ1v) is 15.6. The predicted octanol–water partition coefficient (Wildman–Crippen LogP) is 4.61. The Balaban J connectivity index is 1.89. The van der Waals surface area contributed by atoms with Crippen LogP contribution in [-0.4, -0.2) is 81.7 Å². The van der Waals surface area contributed by atoms with Crippen LogP contribution in [0, 0.1) is 6.92 Å². The highest BCUT2D eigenvalue weighted by Gasteiger charge is 2.18. The van der Waals surface area contributed by atoms with Gasteiger partial charge in [-0.05, 0) is 51.6 Å². The van der Waals surface area contributed by atoms with Gasteiger partial charge in [0.25, 0.3) is 0 Å². The second-order valence-corrected chi connectivity index (χ2v) is 12.9. The van der Waals surface area contributed by atoms with E-state index >= 15 is 0 Å². The van der Waals surface area contributed by atoms with E-state index in [4.69, 9.17) is 14.2 Å². The maximum Gasteiger partial charge on any atom is 0.247 e. The van der Waals surface area contributed by atoms with Gasteiger partial charge in [-0.25, -0.2) is 4.98 Å². The third-order valence-electron chi connectivity index (χ3n) is 6.11. The first-order valence-electron chi connectivity index (χ1n) is 13.0. The third kappa shape index (κ3) is 9.04. The summed E-state index contributed by atoms with van der Waals surface area (Å²) in [7, 11) is 2.65. The van der Waals surface area contributed by atoms with Crippen molar-refractivity contribution in [1.29, 1.82) is 0 Å². The standard InChI is InChI=1S/C29H39N6O5P/c1-8-27(36)31-23-17-22(24(39-5)18-25(23)40-16-14-35(3)13-15-38-4)33-29-30-19-20(2)28(34-29)32-21-11-9-10-12-26(21)41(6,7)37/h8-12,17-19H,1,13-16H2,2-7H3,(H,31,36)(H2,30,32,33,34). The Morgan fingerprint density at radius 3 is 2.46 bits per heavy atom. The molecule has 11 nitrogen and oxygen atoms in total. The maximum atomic E-state index is 12.8. The Kier molecular flexibility index (Phi) is 11.3. The van der Waals surface area contributed by atoms with Crippen LogP contribution in [0.5, 0.6) is 11.5 Å². The Bertz CT molecular complexity index is 1410. The molecule has 1 amide bonds. The lowest BCUT2D eigenvalue weighted by Crippen LogP contribution is -2.27. The van der Waals surface area contributed by atoms with Crippen LogP contribution in [0.15, 0.2) is 55.3 Å². The van der Waals surface area contributed by atoms with Gasteiger partial charge in [0, 0.05) is 43.3 Å². The van der Waals surface area contributed by atoms with Crippen LogP contribution in [0.1, 0.15) is 5.56 Å². The summed E-state index contributed by atoms with van der Waals surface area (Å²) in [6.45, 7) is 11.3. The highest BCUT2D eigenvalue weighted by atomic mass is 31.2. The van der Waals surface area contributed by atoms with E-state index in [1.165, 1.54) is 6.08 Å². The quantitative estimate of drug-likeness (QED) is 0.173. The van der Waals surface area contributed by atoms with Crippen molar-refractivity contribution in [3.8, 4) is 11.5 Å². The van der Waals surface area contributed by atoms with E-state index in [1.807, 2.05) is 38.2 Å². The summed E-state index contributed by atoms with van der Waals surface area (Å²) in [5, 5.41) is 10.0. The molecule has 1 heterocycles. The third-order valence-corrected chi connectivity index (χ3v) is 7.66. The number of hydrogen-bond acceptors (Lipinski definition) is 10. The number of hydrogen-bond donors (Lipinski definition) is 3. The molecule has 0 saturated heterocycles. The average Bonchev–Trinajstić information content (AvgIpc) is 2.94. The molecule has 0 unspecified atom stereocenters. The van der Waals surface area contributed by atoms with Crippen LogP contribution in [-0.2, 0) is 14.1 Å². The number of benzene rings is 2. The number of aryl methyl sites for hydroxylation is 1. The zero-order valence-electron chi connectivity index (χ0n) is 24.5. The fraction of sp³-hybridized carbons (Fsp3) is 0.345. The van der Waals surface area contributed by atoms with E-state index in [1.54, 1.807) is 45.9 Å². The summed E-state index contributed by atoms with van der Waals surface area (Å²) in [6.07, 6.45) is 2.87. The summed E-state index contributed by atoms with van der Waals surface area (Å²) in [5.41, 5.74) is 2.46. The Morgan fingerprint density at radius 2 is 1.78 bits per heavy atom. The SMILES string of the molecule is C=CC(=O)Nc1cc(Nc2ncc(C)c(Nc3ccccc3P(C)(C)=O)n2)c(OC)cc1OCCN(C)CCOC. The molecule has 0 aliphatic rings. The molecule has 0 fully saturated rings. The lowest BCUT2D eigenvalue weighted by Gasteiger charge is -2.20. The maximum absolute atomic E-state index is 12.8. The van der Waals surface area contributed by atoms with Crippen LogP contribution in [0.3, 0.4) is 0 Å². The number of rotatable bonds is 15. The molecule has 0 radical (unpaired) electrons. The van der Waals surface area contributed by atoms with Crippen molar-refractivity contribution in [2.24, 2.45) is 0 Å². The van der Waals surface area contributed by atoms with Crippen molar-refractivity contribution in [1.82, 2.24) is 14.9 Å². The summed E-state index contributed by atoms with van der Waals surface area (Å²) in [6, 6.07) is 10.9. The summed E-state index contributed by atoms with van der Waals surface area (Å²) < 4.78 is 29.6. The van der Waals surface area contributed by atoms with Crippen molar-refractivity contribution in [3.63, 3.8) is 0 Å². The summed E-state index contributed by atoms with van der Waals surface area (Å²) in [5.74, 6) is 1.37. The molecular weight excluding hydrogens is 543 g/mol. The first-order chi connectivity index (χ1) is 19.5. The number of likely N-dealkylation sites (N-methyl/N-ethyl adjacent to an activating group) is 1. The van der Waals surface area contributed by atoms with E-state index in [9.17, 15) is 9.36 Å². The fourth-order valence-corrected chi connectivity index (χ4v) is 4.98. The number of nitrogens with zero attached hydrogens (tertiary/aromatic N) is 3. The molecule has 0 spiro atoms. The normalized spacial score (nSPS) is 11.2. The van der Waals surface area contributed by atoms with Gasteiger partial charge in [-0.3, -0.25) is 4.79 Å². The predicted molar refractivity (Wildman–Crippen MR) is 166 cm³/mol. The van der Waals surface area contributed by atoms with Crippen molar-refractivity contribution >= 4 is 47.2 Å². The Morgan fingerprint density at radius 1 is 1.05 bits per heavy atom. The van der Waals surface area contributed by atoms with E-state index in [0.717, 1.165) is 23.1 Å². The van der Waals surface area contributed by atoms with Gasteiger partial charge in [0.05, 0.1) is 30.8 Å². The minimum absolute atomic E-state index is 0.291. The van der Waals surface area contributed by atoms with Gasteiger partial charge in [-0.15, -0.1) is 0 Å². The molecule has 0 aliphatic heterocycles. The van der Waals surface area contributed by atoms with Gasteiger partial charge in [0.15, 0.2) is 0 Å². The number of carbonyl (C=O) groups excluding carboxylic acids is 1. The lowest BCUT2D eigenvalue weighted by atomic mass is 10.2. The van der Waals surface area contributed by atoms with E-state index in [2.05, 4.69) is 37.4 Å². The number of methoxy groups -OCH3 is 2. The van der Waals surface area contributed by atoms with E-state index in [0.29, 0.717) is 54.4 Å². The summed E-state index contributed by atoms with van der Waals surface area (Å²) in [4.78, 5) is 23.4. The van der Waals surface area contributed by atoms with Crippen LogP contribution in [0.4, 0.5) is 28.8 Å². The van der Waals surface area contributed by atoms with Gasteiger partial charge < -0.3 is 39.6 Å². The number of ether oxygens (including phenoxy) is 3. The molecule has 41 heavy (non-hydrogen) atoms. The first kappa shape index (κ1) is 31.6. The topological polar surface area (TPSA) is 127 Å². The summed E-state index contributed by atoms with van der Waals surface area (Å²) >= 11 is 0. The zero-order chi connectivity index (χ0) is 30.0. The van der Waals surface area contributed by atoms with Crippen LogP contribution in [0.25, 0.3) is 0 Å². The van der Waals surface area contributed by atoms with E-state index < -0.39 is 7.14 Å². The average molecular weight is 583 g/mol. The number of carbonyl (C=O) groups is 1. The lowest BCUT2D eigenvalue weighted by molar-refractivity contribution is -0.111. The number of aromatic nitrogens is 2. The highest BCUT2D eigenvalue weighted by molar-refractivity contribution is 7.70. The molecule has 0 bridgehead atoms. The largest absolute Gasteiger partial charge is 0.494 e. The molecule has 12 heteroatoms. The van der Waals surface area contributed by atoms with Gasteiger partial charge in [-0.2, -0.15) is 4.98 Å². The molecule has 3 aromatic rings. The molecule has 0 saturated carbocycles. The van der Waals surface area contributed by atoms with Crippen molar-refractivity contribution in [3.05, 3.63) is 60.8 Å². The number of amides is 1. The van der Waals surface area contributed by atoms with Crippen molar-refractivity contribution < 1.29 is 23.6 Å². The Labute approximate surface area is 241 Å². The van der Waals surface area contributed by atoms with Gasteiger partial charge in [0.1, 0.15) is 31.1 Å². The molecule has 3 rings (SSSR count). The van der Waals surface area contributed by atoms with Gasteiger partial charge in [0.2, 0.25) is 11.9 Å². The molecule has 0 atom stereocenters. The number of para-hydroxylation sites is 1. The second kappa shape index (κ2) is 14.6. The molecule has 220 valence electrons. The molecule has 2 aromatic carbocycles. The Hall–Kier alpha value is -3.92. The van der Waals surface area contributed by atoms with Crippen LogP contribution in [0.2, 0.25) is 0 Å². The van der Waals surface area contributed by atoms with Crippen LogP contribution >= 0.6 is 7.14 Å². The molecule has 1 aromatic heterocycles. The number of nitrogens with one attached hydrogen (secondary N) is 3. The monoisotopic (exact) mass is 582 g/mol. The smallest absolute Gasteiger partial charge is 0.247 e. The van der Waals surface area contributed by atoms with Gasteiger partial charge >= 0.3 is 0 Å². The molecule has 3 N–H and O–H groups in total. The fourth-order valence-electron chi connectivity index (χ4n) is 3.82. The zero-order valence-corrected chi connectivity index (χ0v) is 25.4.